The summed E-state index contributed by atoms with van der Waals surface area (Å²) in [5.74, 6) is -2.15. The van der Waals surface area contributed by atoms with E-state index < -0.39 is 41.1 Å². The van der Waals surface area contributed by atoms with Crippen molar-refractivity contribution in [2.75, 3.05) is 0 Å². The Labute approximate surface area is 140 Å². The van der Waals surface area contributed by atoms with Crippen LogP contribution in [-0.4, -0.2) is 11.2 Å². The van der Waals surface area contributed by atoms with Gasteiger partial charge in [0, 0.05) is 17.5 Å². The molecule has 25 heavy (non-hydrogen) atoms. The number of amides is 1. The summed E-state index contributed by atoms with van der Waals surface area (Å²) in [5, 5.41) is 9.83. The Morgan fingerprint density at radius 3 is 2.36 bits per heavy atom. The molecule has 0 fully saturated rings. The SMILES string of the molecule is CC(O)c1c(F)c(C(F)(F)F)cc(OC(N)=O)c1Cc1ccccc1. The van der Waals surface area contributed by atoms with Crippen LogP contribution in [-0.2, 0) is 12.6 Å². The Balaban J connectivity index is 2.72. The van der Waals surface area contributed by atoms with E-state index in [-0.39, 0.29) is 12.0 Å². The number of halogens is 4. The van der Waals surface area contributed by atoms with Crippen LogP contribution >= 0.6 is 0 Å². The van der Waals surface area contributed by atoms with E-state index in [0.717, 1.165) is 6.92 Å². The van der Waals surface area contributed by atoms with E-state index in [0.29, 0.717) is 11.6 Å². The van der Waals surface area contributed by atoms with E-state index in [1.807, 2.05) is 0 Å². The van der Waals surface area contributed by atoms with Crippen molar-refractivity contribution < 1.29 is 32.2 Å². The van der Waals surface area contributed by atoms with Crippen LogP contribution in [0.3, 0.4) is 0 Å². The standard InChI is InChI=1S/C17H15F4NO3/c1-9(23)14-11(7-10-5-3-2-4-6-10)13(25-16(22)24)8-12(15(14)18)17(19,20)21/h2-6,8-9,23H,7H2,1H3,(H2,22,24). The fourth-order valence-corrected chi connectivity index (χ4v) is 2.52. The average Bonchev–Trinajstić information content (AvgIpc) is 2.49. The number of aliphatic hydroxyl groups excluding tert-OH is 1. The maximum absolute atomic E-state index is 14.4. The quantitative estimate of drug-likeness (QED) is 0.814. The number of primary amides is 1. The van der Waals surface area contributed by atoms with E-state index in [9.17, 15) is 27.5 Å². The van der Waals surface area contributed by atoms with Crippen molar-refractivity contribution in [2.24, 2.45) is 5.73 Å². The van der Waals surface area contributed by atoms with Crippen LogP contribution in [0.5, 0.6) is 5.75 Å². The van der Waals surface area contributed by atoms with E-state index in [4.69, 9.17) is 5.73 Å². The van der Waals surface area contributed by atoms with Crippen LogP contribution in [0.2, 0.25) is 0 Å². The van der Waals surface area contributed by atoms with Crippen molar-refractivity contribution in [3.63, 3.8) is 0 Å². The number of benzene rings is 2. The molecule has 0 saturated carbocycles. The maximum atomic E-state index is 14.4. The van der Waals surface area contributed by atoms with Gasteiger partial charge in [-0.3, -0.25) is 0 Å². The van der Waals surface area contributed by atoms with Gasteiger partial charge in [-0.25, -0.2) is 9.18 Å². The van der Waals surface area contributed by atoms with E-state index in [2.05, 4.69) is 4.74 Å². The lowest BCUT2D eigenvalue weighted by Gasteiger charge is -2.20. The number of alkyl halides is 3. The Morgan fingerprint density at radius 1 is 1.28 bits per heavy atom. The monoisotopic (exact) mass is 357 g/mol. The second-order valence-corrected chi connectivity index (χ2v) is 5.39. The third kappa shape index (κ3) is 4.27. The molecular weight excluding hydrogens is 342 g/mol. The van der Waals surface area contributed by atoms with E-state index in [1.54, 1.807) is 30.3 Å². The van der Waals surface area contributed by atoms with Gasteiger partial charge >= 0.3 is 12.3 Å². The van der Waals surface area contributed by atoms with Gasteiger partial charge in [-0.15, -0.1) is 0 Å². The largest absolute Gasteiger partial charge is 0.419 e. The zero-order valence-electron chi connectivity index (χ0n) is 13.1. The predicted octanol–water partition coefficient (Wildman–Crippen LogP) is 3.95. The van der Waals surface area contributed by atoms with E-state index >= 15 is 0 Å². The highest BCUT2D eigenvalue weighted by molar-refractivity contribution is 5.69. The number of carbonyl (C=O) groups excluding carboxylic acids is 1. The van der Waals surface area contributed by atoms with Gasteiger partial charge in [-0.1, -0.05) is 30.3 Å². The molecule has 0 aromatic heterocycles. The first-order valence-corrected chi connectivity index (χ1v) is 7.23. The molecule has 0 heterocycles. The summed E-state index contributed by atoms with van der Waals surface area (Å²) in [7, 11) is 0. The summed E-state index contributed by atoms with van der Waals surface area (Å²) in [6, 6.07) is 8.81. The Hall–Kier alpha value is -2.61. The van der Waals surface area contributed by atoms with Crippen LogP contribution in [0.4, 0.5) is 22.4 Å². The topological polar surface area (TPSA) is 72.6 Å². The molecular formula is C17H15F4NO3. The molecule has 0 spiro atoms. The van der Waals surface area contributed by atoms with Gasteiger partial charge in [-0.05, 0) is 18.6 Å². The van der Waals surface area contributed by atoms with Gasteiger partial charge in [0.15, 0.2) is 0 Å². The third-order valence-corrected chi connectivity index (χ3v) is 3.53. The lowest BCUT2D eigenvalue weighted by molar-refractivity contribution is -0.140. The Morgan fingerprint density at radius 2 is 1.88 bits per heavy atom. The van der Waals surface area contributed by atoms with Crippen molar-refractivity contribution >= 4 is 6.09 Å². The molecule has 2 rings (SSSR count). The third-order valence-electron chi connectivity index (χ3n) is 3.53. The van der Waals surface area contributed by atoms with Crippen molar-refractivity contribution in [2.45, 2.75) is 25.6 Å². The second-order valence-electron chi connectivity index (χ2n) is 5.39. The minimum Gasteiger partial charge on any atom is -0.410 e. The minimum atomic E-state index is -5.03. The number of carbonyl (C=O) groups is 1. The molecule has 2 aromatic carbocycles. The number of hydrogen-bond acceptors (Lipinski definition) is 3. The first kappa shape index (κ1) is 18.7. The Bertz CT molecular complexity index is 774. The van der Waals surface area contributed by atoms with Crippen LogP contribution in [0.25, 0.3) is 0 Å². The number of hydrogen-bond donors (Lipinski definition) is 2. The molecule has 0 bridgehead atoms. The van der Waals surface area contributed by atoms with Crippen molar-refractivity contribution in [1.29, 1.82) is 0 Å². The average molecular weight is 357 g/mol. The van der Waals surface area contributed by atoms with Gasteiger partial charge in [0.2, 0.25) is 0 Å². The molecule has 4 nitrogen and oxygen atoms in total. The zero-order chi connectivity index (χ0) is 18.8. The van der Waals surface area contributed by atoms with Gasteiger partial charge in [0.1, 0.15) is 11.6 Å². The molecule has 2 aromatic rings. The van der Waals surface area contributed by atoms with Gasteiger partial charge < -0.3 is 15.6 Å². The molecule has 1 amide bonds. The maximum Gasteiger partial charge on any atom is 0.419 e. The summed E-state index contributed by atoms with van der Waals surface area (Å²) in [4.78, 5) is 11.1. The van der Waals surface area contributed by atoms with Gasteiger partial charge in [0.25, 0.3) is 0 Å². The van der Waals surface area contributed by atoms with E-state index in [1.165, 1.54) is 0 Å². The van der Waals surface area contributed by atoms with Crippen LogP contribution in [0, 0.1) is 5.82 Å². The molecule has 134 valence electrons. The highest BCUT2D eigenvalue weighted by Crippen LogP contribution is 2.40. The molecule has 0 radical (unpaired) electrons. The molecule has 0 aliphatic rings. The lowest BCUT2D eigenvalue weighted by atomic mass is 9.93. The lowest BCUT2D eigenvalue weighted by Crippen LogP contribution is -2.20. The van der Waals surface area contributed by atoms with Gasteiger partial charge in [-0.2, -0.15) is 13.2 Å². The molecule has 1 unspecified atom stereocenters. The van der Waals surface area contributed by atoms with Crippen LogP contribution in [0.15, 0.2) is 36.4 Å². The van der Waals surface area contributed by atoms with Crippen LogP contribution in [0.1, 0.15) is 35.3 Å². The molecule has 8 heteroatoms. The summed E-state index contributed by atoms with van der Waals surface area (Å²) >= 11 is 0. The zero-order valence-corrected chi connectivity index (χ0v) is 13.1. The fourth-order valence-electron chi connectivity index (χ4n) is 2.52. The van der Waals surface area contributed by atoms with Crippen molar-refractivity contribution in [3.8, 4) is 5.75 Å². The summed E-state index contributed by atoms with van der Waals surface area (Å²) < 4.78 is 58.3. The first-order chi connectivity index (χ1) is 11.6. The first-order valence-electron chi connectivity index (χ1n) is 7.23. The molecule has 0 aliphatic carbocycles. The van der Waals surface area contributed by atoms with Gasteiger partial charge in [0.05, 0.1) is 11.7 Å². The number of nitrogens with two attached hydrogens (primary N) is 1. The van der Waals surface area contributed by atoms with Crippen molar-refractivity contribution in [3.05, 3.63) is 64.5 Å². The Kier molecular flexibility index (Phi) is 5.32. The summed E-state index contributed by atoms with van der Waals surface area (Å²) in [6.07, 6.45) is -7.99. The number of ether oxygens (including phenoxy) is 1. The number of rotatable bonds is 4. The summed E-state index contributed by atoms with van der Waals surface area (Å²) in [6.45, 7) is 1.13. The van der Waals surface area contributed by atoms with Crippen molar-refractivity contribution in [1.82, 2.24) is 0 Å². The molecule has 3 N–H and O–H groups in total. The minimum absolute atomic E-state index is 0.0568. The summed E-state index contributed by atoms with van der Waals surface area (Å²) in [5.41, 5.74) is 3.23. The highest BCUT2D eigenvalue weighted by atomic mass is 19.4. The fraction of sp³-hybridized carbons (Fsp3) is 0.235. The van der Waals surface area contributed by atoms with Crippen LogP contribution < -0.4 is 10.5 Å². The molecule has 0 aliphatic heterocycles. The normalized spacial score (nSPS) is 12.7. The smallest absolute Gasteiger partial charge is 0.410 e. The molecule has 1 atom stereocenters. The second kappa shape index (κ2) is 7.10. The highest BCUT2D eigenvalue weighted by Gasteiger charge is 2.38. The number of aliphatic hydroxyl groups is 1. The predicted molar refractivity (Wildman–Crippen MR) is 81.5 cm³/mol. The molecule has 0 saturated heterocycles.